The minimum Gasteiger partial charge on any atom is -0.507 e. The van der Waals surface area contributed by atoms with Gasteiger partial charge in [-0.25, -0.2) is 0 Å². The van der Waals surface area contributed by atoms with Crippen LogP contribution in [0.15, 0.2) is 61.7 Å². The van der Waals surface area contributed by atoms with E-state index in [1.807, 2.05) is 36.4 Å². The zero-order chi connectivity index (χ0) is 14.5. The Labute approximate surface area is 119 Å². The van der Waals surface area contributed by atoms with Gasteiger partial charge in [0.25, 0.3) is 0 Å². The van der Waals surface area contributed by atoms with Crippen molar-refractivity contribution < 1.29 is 10.2 Å². The molecular weight excluding hydrogens is 248 g/mol. The summed E-state index contributed by atoms with van der Waals surface area (Å²) in [6, 6.07) is 11.4. The lowest BCUT2D eigenvalue weighted by atomic mass is 9.94. The summed E-state index contributed by atoms with van der Waals surface area (Å²) in [7, 11) is 0. The van der Waals surface area contributed by atoms with Gasteiger partial charge in [-0.05, 0) is 30.0 Å². The van der Waals surface area contributed by atoms with Gasteiger partial charge < -0.3 is 10.2 Å². The monoisotopic (exact) mass is 266 g/mol. The van der Waals surface area contributed by atoms with Gasteiger partial charge in [0.2, 0.25) is 0 Å². The first-order valence-electron chi connectivity index (χ1n) is 6.53. The van der Waals surface area contributed by atoms with Gasteiger partial charge in [-0.3, -0.25) is 0 Å². The number of hydrogen-bond acceptors (Lipinski definition) is 2. The summed E-state index contributed by atoms with van der Waals surface area (Å²) in [5.41, 5.74) is 2.91. The van der Waals surface area contributed by atoms with Crippen LogP contribution in [0.5, 0.6) is 11.5 Å². The molecule has 0 amide bonds. The van der Waals surface area contributed by atoms with E-state index in [2.05, 4.69) is 13.2 Å². The van der Waals surface area contributed by atoms with Gasteiger partial charge in [0.1, 0.15) is 11.5 Å². The molecule has 0 aliphatic heterocycles. The van der Waals surface area contributed by atoms with Crippen molar-refractivity contribution in [2.45, 2.75) is 12.8 Å². The SMILES string of the molecule is C=CCc1cc(-c2ccccc2)c(O)c(CC=C)c1O. The number of allylic oxidation sites excluding steroid dienone is 2. The maximum absolute atomic E-state index is 10.4. The van der Waals surface area contributed by atoms with Gasteiger partial charge in [-0.2, -0.15) is 0 Å². The van der Waals surface area contributed by atoms with E-state index in [4.69, 9.17) is 0 Å². The Morgan fingerprint density at radius 3 is 2.15 bits per heavy atom. The van der Waals surface area contributed by atoms with E-state index in [-0.39, 0.29) is 11.5 Å². The van der Waals surface area contributed by atoms with Gasteiger partial charge in [0.15, 0.2) is 0 Å². The van der Waals surface area contributed by atoms with E-state index in [1.54, 1.807) is 12.2 Å². The van der Waals surface area contributed by atoms with Crippen LogP contribution >= 0.6 is 0 Å². The predicted molar refractivity (Wildman–Crippen MR) is 83.0 cm³/mol. The van der Waals surface area contributed by atoms with E-state index >= 15 is 0 Å². The number of phenols is 2. The highest BCUT2D eigenvalue weighted by molar-refractivity contribution is 5.75. The summed E-state index contributed by atoms with van der Waals surface area (Å²) in [4.78, 5) is 0. The van der Waals surface area contributed by atoms with Crippen molar-refractivity contribution in [3.05, 3.63) is 72.8 Å². The number of aromatic hydroxyl groups is 2. The van der Waals surface area contributed by atoms with Crippen LogP contribution in [0.3, 0.4) is 0 Å². The van der Waals surface area contributed by atoms with Crippen molar-refractivity contribution in [1.29, 1.82) is 0 Å². The van der Waals surface area contributed by atoms with Crippen LogP contribution in [0.2, 0.25) is 0 Å². The summed E-state index contributed by atoms with van der Waals surface area (Å²) in [5.74, 6) is 0.239. The van der Waals surface area contributed by atoms with Crippen LogP contribution in [0.4, 0.5) is 0 Å². The largest absolute Gasteiger partial charge is 0.507 e. The molecule has 2 N–H and O–H groups in total. The Bertz CT molecular complexity index is 628. The molecule has 0 aliphatic carbocycles. The maximum Gasteiger partial charge on any atom is 0.130 e. The van der Waals surface area contributed by atoms with Crippen LogP contribution in [-0.4, -0.2) is 10.2 Å². The van der Waals surface area contributed by atoms with E-state index in [1.165, 1.54) is 0 Å². The van der Waals surface area contributed by atoms with Gasteiger partial charge in [-0.15, -0.1) is 13.2 Å². The van der Waals surface area contributed by atoms with Crippen molar-refractivity contribution in [1.82, 2.24) is 0 Å². The fraction of sp³-hybridized carbons (Fsp3) is 0.111. The Balaban J connectivity index is 2.68. The third kappa shape index (κ3) is 2.59. The molecule has 0 aliphatic rings. The van der Waals surface area contributed by atoms with E-state index in [0.717, 1.165) is 16.7 Å². The van der Waals surface area contributed by atoms with Crippen molar-refractivity contribution in [2.75, 3.05) is 0 Å². The lowest BCUT2D eigenvalue weighted by Gasteiger charge is -2.14. The Morgan fingerprint density at radius 2 is 1.55 bits per heavy atom. The van der Waals surface area contributed by atoms with Crippen LogP contribution in [0.1, 0.15) is 11.1 Å². The Morgan fingerprint density at radius 1 is 0.900 bits per heavy atom. The number of benzene rings is 2. The molecule has 2 heteroatoms. The summed E-state index contributed by atoms with van der Waals surface area (Å²) in [5, 5.41) is 20.7. The minimum absolute atomic E-state index is 0.112. The van der Waals surface area contributed by atoms with Crippen LogP contribution in [-0.2, 0) is 12.8 Å². The lowest BCUT2D eigenvalue weighted by molar-refractivity contribution is 0.438. The van der Waals surface area contributed by atoms with Crippen molar-refractivity contribution in [3.8, 4) is 22.6 Å². The van der Waals surface area contributed by atoms with E-state index < -0.39 is 0 Å². The van der Waals surface area contributed by atoms with Crippen molar-refractivity contribution in [2.24, 2.45) is 0 Å². The molecule has 2 nitrogen and oxygen atoms in total. The number of rotatable bonds is 5. The molecule has 0 saturated carbocycles. The zero-order valence-corrected chi connectivity index (χ0v) is 11.3. The Hall–Kier alpha value is -2.48. The fourth-order valence-electron chi connectivity index (χ4n) is 2.27. The first kappa shape index (κ1) is 13.9. The second-order valence-electron chi connectivity index (χ2n) is 4.61. The van der Waals surface area contributed by atoms with Gasteiger partial charge in [0, 0.05) is 11.1 Å². The van der Waals surface area contributed by atoms with Crippen LogP contribution in [0.25, 0.3) is 11.1 Å². The van der Waals surface area contributed by atoms with Crippen molar-refractivity contribution >= 4 is 0 Å². The number of phenolic OH excluding ortho intramolecular Hbond substituents is 2. The molecule has 0 atom stereocenters. The van der Waals surface area contributed by atoms with Crippen LogP contribution < -0.4 is 0 Å². The molecule has 0 heterocycles. The number of hydrogen-bond donors (Lipinski definition) is 2. The second kappa shape index (κ2) is 6.11. The molecular formula is C18H18O2. The summed E-state index contributed by atoms with van der Waals surface area (Å²) in [6.45, 7) is 7.38. The topological polar surface area (TPSA) is 40.5 Å². The lowest BCUT2D eigenvalue weighted by Crippen LogP contribution is -1.93. The zero-order valence-electron chi connectivity index (χ0n) is 11.3. The molecule has 0 unspecified atom stereocenters. The average Bonchev–Trinajstić information content (AvgIpc) is 2.47. The molecule has 0 saturated heterocycles. The predicted octanol–water partition coefficient (Wildman–Crippen LogP) is 4.22. The van der Waals surface area contributed by atoms with Gasteiger partial charge in [-0.1, -0.05) is 42.5 Å². The second-order valence-corrected chi connectivity index (χ2v) is 4.61. The first-order chi connectivity index (χ1) is 9.69. The van der Waals surface area contributed by atoms with Crippen LogP contribution in [0, 0.1) is 0 Å². The normalized spacial score (nSPS) is 10.2. The third-order valence-corrected chi connectivity index (χ3v) is 3.25. The molecule has 0 spiro atoms. The van der Waals surface area contributed by atoms with E-state index in [0.29, 0.717) is 18.4 Å². The molecule has 20 heavy (non-hydrogen) atoms. The third-order valence-electron chi connectivity index (χ3n) is 3.25. The first-order valence-corrected chi connectivity index (χ1v) is 6.53. The molecule has 102 valence electrons. The van der Waals surface area contributed by atoms with E-state index in [9.17, 15) is 10.2 Å². The average molecular weight is 266 g/mol. The summed E-state index contributed by atoms with van der Waals surface area (Å²) in [6.07, 6.45) is 4.37. The molecule has 0 fully saturated rings. The highest BCUT2D eigenvalue weighted by atomic mass is 16.3. The van der Waals surface area contributed by atoms with Crippen molar-refractivity contribution in [3.63, 3.8) is 0 Å². The fourth-order valence-corrected chi connectivity index (χ4v) is 2.27. The highest BCUT2D eigenvalue weighted by Gasteiger charge is 2.16. The minimum atomic E-state index is 0.112. The molecule has 2 aromatic rings. The van der Waals surface area contributed by atoms with Gasteiger partial charge in [0.05, 0.1) is 0 Å². The van der Waals surface area contributed by atoms with Gasteiger partial charge >= 0.3 is 0 Å². The molecule has 0 aromatic heterocycles. The quantitative estimate of drug-likeness (QED) is 0.795. The maximum atomic E-state index is 10.4. The molecule has 0 bridgehead atoms. The Kier molecular flexibility index (Phi) is 4.26. The molecule has 2 aromatic carbocycles. The standard InChI is InChI=1S/C18H18O2/c1-3-8-14-12-16(13-10-6-5-7-11-13)18(20)15(9-4-2)17(14)19/h3-7,10-12,19-20H,1-2,8-9H2. The molecule has 0 radical (unpaired) electrons. The summed E-state index contributed by atoms with van der Waals surface area (Å²) < 4.78 is 0. The summed E-state index contributed by atoms with van der Waals surface area (Å²) >= 11 is 0. The smallest absolute Gasteiger partial charge is 0.130 e. The molecule has 2 rings (SSSR count). The highest BCUT2D eigenvalue weighted by Crippen LogP contribution is 2.40.